The molecule has 0 aliphatic heterocycles. The number of aromatic hydroxyl groups is 1. The first-order chi connectivity index (χ1) is 5.38. The Kier molecular flexibility index (Phi) is 1.94. The van der Waals surface area contributed by atoms with Crippen molar-refractivity contribution in [3.8, 4) is 5.88 Å². The van der Waals surface area contributed by atoms with Crippen LogP contribution >= 0.6 is 0 Å². The fourth-order valence-corrected chi connectivity index (χ4v) is 1.33. The minimum atomic E-state index is -3.74. The van der Waals surface area contributed by atoms with E-state index in [1.807, 2.05) is 4.98 Å². The van der Waals surface area contributed by atoms with Gasteiger partial charge in [0.15, 0.2) is 0 Å². The number of hydrogen-bond donors (Lipinski definition) is 4. The maximum absolute atomic E-state index is 10.5. The molecule has 0 aromatic carbocycles. The smallest absolute Gasteiger partial charge is 0.325 e. The zero-order valence-corrected chi connectivity index (χ0v) is 6.68. The Bertz CT molecular complexity index is 427. The summed E-state index contributed by atoms with van der Waals surface area (Å²) in [6.45, 7) is 0. The fourth-order valence-electron chi connectivity index (χ4n) is 0.716. The lowest BCUT2D eigenvalue weighted by molar-refractivity contribution is 0.450. The van der Waals surface area contributed by atoms with Crippen molar-refractivity contribution in [3.05, 3.63) is 16.2 Å². The monoisotopic (exact) mass is 193 g/mol. The van der Waals surface area contributed by atoms with Crippen molar-refractivity contribution < 1.29 is 13.5 Å². The van der Waals surface area contributed by atoms with Crippen LogP contribution in [0.5, 0.6) is 5.88 Å². The third-order valence-electron chi connectivity index (χ3n) is 1.13. The summed E-state index contributed by atoms with van der Waals surface area (Å²) in [5.74, 6) is -1.11. The molecule has 7 nitrogen and oxygen atoms in total. The summed E-state index contributed by atoms with van der Waals surface area (Å²) in [6.07, 6.45) is 0. The number of H-pyrrole nitrogens is 2. The third-order valence-corrected chi connectivity index (χ3v) is 1.82. The van der Waals surface area contributed by atoms with Crippen molar-refractivity contribution in [2.24, 2.45) is 5.14 Å². The number of sulfonamides is 1. The molecule has 1 rings (SSSR count). The first-order valence-electron chi connectivity index (χ1n) is 2.89. The van der Waals surface area contributed by atoms with E-state index in [4.69, 9.17) is 5.11 Å². The largest absolute Gasteiger partial charge is 0.493 e. The van der Waals surface area contributed by atoms with Crippen molar-refractivity contribution in [2.45, 2.75) is 5.75 Å². The van der Waals surface area contributed by atoms with Crippen LogP contribution in [-0.4, -0.2) is 23.5 Å². The second-order valence-corrected chi connectivity index (χ2v) is 3.83. The quantitative estimate of drug-likeness (QED) is 0.441. The van der Waals surface area contributed by atoms with E-state index >= 15 is 0 Å². The Balaban J connectivity index is 3.05. The molecule has 1 heterocycles. The van der Waals surface area contributed by atoms with Gasteiger partial charge in [0.05, 0.1) is 5.69 Å². The molecule has 0 saturated heterocycles. The lowest BCUT2D eigenvalue weighted by Gasteiger charge is -1.93. The number of nitrogens with one attached hydrogen (secondary N) is 2. The second kappa shape index (κ2) is 2.64. The van der Waals surface area contributed by atoms with E-state index in [-0.39, 0.29) is 5.69 Å². The van der Waals surface area contributed by atoms with Crippen LogP contribution in [0.1, 0.15) is 5.69 Å². The molecule has 5 N–H and O–H groups in total. The first-order valence-corrected chi connectivity index (χ1v) is 4.60. The molecule has 12 heavy (non-hydrogen) atoms. The average molecular weight is 193 g/mol. The van der Waals surface area contributed by atoms with E-state index in [0.717, 1.165) is 0 Å². The number of nitrogens with two attached hydrogens (primary N) is 1. The summed E-state index contributed by atoms with van der Waals surface area (Å²) in [5.41, 5.74) is -0.811. The highest BCUT2D eigenvalue weighted by molar-refractivity contribution is 7.88. The molecule has 1 aromatic heterocycles. The van der Waals surface area contributed by atoms with Gasteiger partial charge in [0.1, 0.15) is 5.75 Å². The predicted molar refractivity (Wildman–Crippen MR) is 39.9 cm³/mol. The summed E-state index contributed by atoms with van der Waals surface area (Å²) in [7, 11) is -3.74. The zero-order chi connectivity index (χ0) is 9.35. The van der Waals surface area contributed by atoms with Crippen LogP contribution in [0.2, 0.25) is 0 Å². The Morgan fingerprint density at radius 3 is 2.33 bits per heavy atom. The molecule has 0 fully saturated rings. The highest BCUT2D eigenvalue weighted by Gasteiger charge is 2.11. The molecule has 0 amide bonds. The van der Waals surface area contributed by atoms with Gasteiger partial charge in [-0.05, 0) is 0 Å². The van der Waals surface area contributed by atoms with Gasteiger partial charge < -0.3 is 10.1 Å². The maximum atomic E-state index is 10.5. The van der Waals surface area contributed by atoms with E-state index in [2.05, 4.69) is 10.1 Å². The Hall–Kier alpha value is -1.28. The maximum Gasteiger partial charge on any atom is 0.325 e. The number of hydrogen-bond acceptors (Lipinski definition) is 4. The molecule has 1 aromatic rings. The van der Waals surface area contributed by atoms with Crippen molar-refractivity contribution in [2.75, 3.05) is 0 Å². The van der Waals surface area contributed by atoms with E-state index in [0.29, 0.717) is 0 Å². The van der Waals surface area contributed by atoms with Gasteiger partial charge in [-0.2, -0.15) is 0 Å². The van der Waals surface area contributed by atoms with Crippen molar-refractivity contribution in [1.29, 1.82) is 0 Å². The van der Waals surface area contributed by atoms with Crippen LogP contribution in [0.25, 0.3) is 0 Å². The Labute approximate surface area is 67.3 Å². The van der Waals surface area contributed by atoms with Crippen LogP contribution in [0, 0.1) is 0 Å². The number of primary sulfonamides is 1. The molecule has 0 aliphatic rings. The summed E-state index contributed by atoms with van der Waals surface area (Å²) >= 11 is 0. The van der Waals surface area contributed by atoms with Gasteiger partial charge in [-0.25, -0.2) is 18.4 Å². The Morgan fingerprint density at radius 2 is 2.00 bits per heavy atom. The third kappa shape index (κ3) is 2.10. The fraction of sp³-hybridized carbons (Fsp3) is 0.250. The molecule has 8 heteroatoms. The summed E-state index contributed by atoms with van der Waals surface area (Å²) < 4.78 is 21.0. The molecular weight excluding hydrogens is 186 g/mol. The molecule has 0 bridgehead atoms. The van der Waals surface area contributed by atoms with E-state index < -0.39 is 27.3 Å². The van der Waals surface area contributed by atoms with Gasteiger partial charge in [-0.1, -0.05) is 0 Å². The van der Waals surface area contributed by atoms with E-state index in [9.17, 15) is 13.2 Å². The molecule has 0 atom stereocenters. The first kappa shape index (κ1) is 8.81. The van der Waals surface area contributed by atoms with Gasteiger partial charge >= 0.3 is 5.69 Å². The molecule has 0 aliphatic carbocycles. The predicted octanol–water partition coefficient (Wildman–Crippen LogP) is -1.80. The minimum Gasteiger partial charge on any atom is -0.493 e. The molecular formula is C4H7N3O4S. The van der Waals surface area contributed by atoms with Gasteiger partial charge in [0, 0.05) is 0 Å². The highest BCUT2D eigenvalue weighted by atomic mass is 32.2. The van der Waals surface area contributed by atoms with Crippen LogP contribution in [0.4, 0.5) is 0 Å². The molecule has 0 radical (unpaired) electrons. The zero-order valence-electron chi connectivity index (χ0n) is 5.86. The lowest BCUT2D eigenvalue weighted by Crippen LogP contribution is -2.15. The summed E-state index contributed by atoms with van der Waals surface area (Å²) in [4.78, 5) is 14.5. The van der Waals surface area contributed by atoms with Crippen LogP contribution < -0.4 is 10.8 Å². The molecule has 0 unspecified atom stereocenters. The van der Waals surface area contributed by atoms with E-state index in [1.54, 1.807) is 0 Å². The van der Waals surface area contributed by atoms with Crippen molar-refractivity contribution >= 4 is 10.0 Å². The van der Waals surface area contributed by atoms with Crippen molar-refractivity contribution in [3.63, 3.8) is 0 Å². The molecule has 0 spiro atoms. The van der Waals surface area contributed by atoms with Crippen molar-refractivity contribution in [1.82, 2.24) is 9.97 Å². The standard InChI is InChI=1S/C4H7N3O4S/c5-12(10,11)1-2-3(8)7-4(9)6-2/h8H,1H2,(H2,5,10,11)(H2,6,7,9). The van der Waals surface area contributed by atoms with Crippen LogP contribution in [-0.2, 0) is 15.8 Å². The summed E-state index contributed by atoms with van der Waals surface area (Å²) in [6, 6.07) is 0. The Morgan fingerprint density at radius 1 is 1.42 bits per heavy atom. The number of imidazole rings is 1. The topological polar surface area (TPSA) is 129 Å². The number of aromatic nitrogens is 2. The number of aromatic amines is 2. The second-order valence-electron chi connectivity index (χ2n) is 2.21. The molecule has 0 saturated carbocycles. The highest BCUT2D eigenvalue weighted by Crippen LogP contribution is 2.09. The lowest BCUT2D eigenvalue weighted by atomic mass is 10.5. The van der Waals surface area contributed by atoms with Gasteiger partial charge in [0.25, 0.3) is 0 Å². The SMILES string of the molecule is NS(=O)(=O)Cc1[nH]c(=O)[nH]c1O. The van der Waals surface area contributed by atoms with Gasteiger partial charge in [-0.15, -0.1) is 0 Å². The normalized spacial score (nSPS) is 11.8. The van der Waals surface area contributed by atoms with Gasteiger partial charge in [0.2, 0.25) is 15.9 Å². The van der Waals surface area contributed by atoms with Crippen LogP contribution in [0.15, 0.2) is 4.79 Å². The minimum absolute atomic E-state index is 0.137. The average Bonchev–Trinajstić information content (AvgIpc) is 2.06. The van der Waals surface area contributed by atoms with E-state index in [1.165, 1.54) is 0 Å². The van der Waals surface area contributed by atoms with Gasteiger partial charge in [-0.3, -0.25) is 4.98 Å². The van der Waals surface area contributed by atoms with Crippen LogP contribution in [0.3, 0.4) is 0 Å². The molecule has 68 valence electrons. The summed E-state index contributed by atoms with van der Waals surface area (Å²) in [5, 5.41) is 13.6. The number of rotatable bonds is 2.